The van der Waals surface area contributed by atoms with Crippen LogP contribution in [0.3, 0.4) is 0 Å². The number of primary amides is 1. The molecule has 1 heterocycles. The summed E-state index contributed by atoms with van der Waals surface area (Å²) in [6, 6.07) is -1.82. The molecular weight excluding hydrogens is 296 g/mol. The third-order valence-electron chi connectivity index (χ3n) is 2.72. The van der Waals surface area contributed by atoms with E-state index in [-0.39, 0.29) is 11.6 Å². The maximum atomic E-state index is 11.8. The van der Waals surface area contributed by atoms with E-state index in [0.29, 0.717) is 5.01 Å². The molecule has 2 unspecified atom stereocenters. The summed E-state index contributed by atoms with van der Waals surface area (Å²) in [6.45, 7) is 5.19. The van der Waals surface area contributed by atoms with Crippen molar-refractivity contribution in [2.24, 2.45) is 11.7 Å². The number of nitrogens with one attached hydrogen (secondary N) is 2. The third kappa shape index (κ3) is 4.71. The molecule has 0 aliphatic heterocycles. The van der Waals surface area contributed by atoms with Crippen LogP contribution in [0, 0.1) is 5.92 Å². The predicted octanol–water partition coefficient (Wildman–Crippen LogP) is 0.711. The maximum Gasteiger partial charge on any atom is 0.355 e. The lowest BCUT2D eigenvalue weighted by atomic mass is 10.0. The summed E-state index contributed by atoms with van der Waals surface area (Å²) in [7, 11) is 0. The van der Waals surface area contributed by atoms with E-state index in [2.05, 4.69) is 15.6 Å². The molecule has 0 spiro atoms. The van der Waals surface area contributed by atoms with Crippen LogP contribution >= 0.6 is 11.3 Å². The molecule has 1 rings (SSSR count). The van der Waals surface area contributed by atoms with Gasteiger partial charge in [0.1, 0.15) is 11.0 Å². The molecule has 0 aromatic carbocycles. The van der Waals surface area contributed by atoms with Gasteiger partial charge in [0.25, 0.3) is 0 Å². The van der Waals surface area contributed by atoms with Crippen LogP contribution < -0.4 is 16.4 Å². The van der Waals surface area contributed by atoms with E-state index in [0.717, 1.165) is 11.3 Å². The third-order valence-corrected chi connectivity index (χ3v) is 3.75. The van der Waals surface area contributed by atoms with Gasteiger partial charge in [-0.3, -0.25) is 4.79 Å². The van der Waals surface area contributed by atoms with Gasteiger partial charge in [0.05, 0.1) is 6.04 Å². The van der Waals surface area contributed by atoms with E-state index in [1.165, 1.54) is 5.38 Å². The molecule has 3 amide bonds. The minimum atomic E-state index is -1.12. The van der Waals surface area contributed by atoms with E-state index in [1.54, 1.807) is 20.8 Å². The molecule has 8 nitrogen and oxygen atoms in total. The van der Waals surface area contributed by atoms with Gasteiger partial charge in [0.15, 0.2) is 5.69 Å². The summed E-state index contributed by atoms with van der Waals surface area (Å²) < 4.78 is 0. The zero-order chi connectivity index (χ0) is 16.2. The zero-order valence-corrected chi connectivity index (χ0v) is 12.7. The predicted molar refractivity (Wildman–Crippen MR) is 77.0 cm³/mol. The molecular formula is C12H18N4O4S. The molecule has 116 valence electrons. The van der Waals surface area contributed by atoms with E-state index in [1.807, 2.05) is 0 Å². The number of nitrogens with two attached hydrogens (primary N) is 1. The minimum absolute atomic E-state index is 0.0683. The van der Waals surface area contributed by atoms with Gasteiger partial charge in [-0.15, -0.1) is 11.3 Å². The SMILES string of the molecule is CC(NC(=O)NC(C(N)=O)C(C)C)c1nc(C(=O)O)cs1. The van der Waals surface area contributed by atoms with Gasteiger partial charge in [-0.25, -0.2) is 14.6 Å². The van der Waals surface area contributed by atoms with Crippen molar-refractivity contribution in [3.63, 3.8) is 0 Å². The fourth-order valence-corrected chi connectivity index (χ4v) is 2.39. The molecule has 0 saturated carbocycles. The largest absolute Gasteiger partial charge is 0.476 e. The maximum absolute atomic E-state index is 11.8. The van der Waals surface area contributed by atoms with Gasteiger partial charge < -0.3 is 21.5 Å². The summed E-state index contributed by atoms with van der Waals surface area (Å²) in [6.07, 6.45) is 0. The first-order valence-corrected chi connectivity index (χ1v) is 7.15. The Balaban J connectivity index is 2.64. The van der Waals surface area contributed by atoms with E-state index >= 15 is 0 Å². The number of rotatable bonds is 6. The number of carboxylic acid groups (broad SMARTS) is 1. The molecule has 0 bridgehead atoms. The van der Waals surface area contributed by atoms with Crippen LogP contribution in [0.15, 0.2) is 5.38 Å². The second kappa shape index (κ2) is 7.02. The molecule has 0 aliphatic carbocycles. The van der Waals surface area contributed by atoms with Crippen LogP contribution in [0.5, 0.6) is 0 Å². The number of nitrogens with zero attached hydrogens (tertiary/aromatic N) is 1. The van der Waals surface area contributed by atoms with Crippen molar-refractivity contribution < 1.29 is 19.5 Å². The number of carboxylic acids is 1. The Labute approximate surface area is 125 Å². The van der Waals surface area contributed by atoms with Crippen molar-refractivity contribution in [3.8, 4) is 0 Å². The Morgan fingerprint density at radius 2 is 1.90 bits per heavy atom. The van der Waals surface area contributed by atoms with Crippen LogP contribution in [-0.2, 0) is 4.79 Å². The average Bonchev–Trinajstić information content (AvgIpc) is 2.84. The van der Waals surface area contributed by atoms with Crippen LogP contribution in [0.2, 0.25) is 0 Å². The molecule has 1 aromatic rings. The van der Waals surface area contributed by atoms with Gasteiger partial charge in [0, 0.05) is 5.38 Å². The molecule has 0 aliphatic rings. The Hall–Kier alpha value is -2.16. The van der Waals surface area contributed by atoms with Crippen molar-refractivity contribution >= 4 is 29.2 Å². The van der Waals surface area contributed by atoms with Crippen molar-refractivity contribution in [1.29, 1.82) is 0 Å². The molecule has 0 fully saturated rings. The first-order valence-electron chi connectivity index (χ1n) is 6.27. The highest BCUT2D eigenvalue weighted by atomic mass is 32.1. The number of carbonyl (C=O) groups is 3. The van der Waals surface area contributed by atoms with Gasteiger partial charge >= 0.3 is 12.0 Å². The topological polar surface area (TPSA) is 134 Å². The molecule has 0 radical (unpaired) electrons. The number of hydrogen-bond acceptors (Lipinski definition) is 5. The molecule has 21 heavy (non-hydrogen) atoms. The van der Waals surface area contributed by atoms with Gasteiger partial charge in [-0.1, -0.05) is 13.8 Å². The normalized spacial score (nSPS) is 13.5. The summed E-state index contributed by atoms with van der Waals surface area (Å²) in [5.74, 6) is -1.88. The standard InChI is InChI=1S/C12H18N4O4S/c1-5(2)8(9(13)17)16-12(20)14-6(3)10-15-7(4-21-10)11(18)19/h4-6,8H,1-3H3,(H2,13,17)(H,18,19)(H2,14,16,20). The lowest BCUT2D eigenvalue weighted by Gasteiger charge is -2.20. The van der Waals surface area contributed by atoms with E-state index in [4.69, 9.17) is 10.8 Å². The Bertz CT molecular complexity index is 543. The number of carbonyl (C=O) groups excluding carboxylic acids is 2. The van der Waals surface area contributed by atoms with Crippen LogP contribution in [-0.4, -0.2) is 34.0 Å². The average molecular weight is 314 g/mol. The number of urea groups is 1. The van der Waals surface area contributed by atoms with Crippen LogP contribution in [0.4, 0.5) is 4.79 Å². The van der Waals surface area contributed by atoms with Crippen molar-refractivity contribution in [2.75, 3.05) is 0 Å². The van der Waals surface area contributed by atoms with Crippen molar-refractivity contribution in [3.05, 3.63) is 16.1 Å². The molecule has 2 atom stereocenters. The van der Waals surface area contributed by atoms with Crippen LogP contribution in [0.25, 0.3) is 0 Å². The van der Waals surface area contributed by atoms with Crippen molar-refractivity contribution in [2.45, 2.75) is 32.9 Å². The van der Waals surface area contributed by atoms with Crippen molar-refractivity contribution in [1.82, 2.24) is 15.6 Å². The van der Waals surface area contributed by atoms with Crippen LogP contribution in [0.1, 0.15) is 42.3 Å². The number of aromatic carboxylic acids is 1. The van der Waals surface area contributed by atoms with Gasteiger partial charge in [-0.05, 0) is 12.8 Å². The number of amides is 3. The summed E-state index contributed by atoms with van der Waals surface area (Å²) >= 11 is 1.13. The second-order valence-electron chi connectivity index (χ2n) is 4.84. The second-order valence-corrected chi connectivity index (χ2v) is 5.73. The number of thiazole rings is 1. The quantitative estimate of drug-likeness (QED) is 0.613. The van der Waals surface area contributed by atoms with Gasteiger partial charge in [0.2, 0.25) is 5.91 Å². The van der Waals surface area contributed by atoms with Gasteiger partial charge in [-0.2, -0.15) is 0 Å². The smallest absolute Gasteiger partial charge is 0.355 e. The first kappa shape index (κ1) is 16.9. The fraction of sp³-hybridized carbons (Fsp3) is 0.500. The highest BCUT2D eigenvalue weighted by Crippen LogP contribution is 2.17. The lowest BCUT2D eigenvalue weighted by Crippen LogP contribution is -2.51. The fourth-order valence-electron chi connectivity index (χ4n) is 1.59. The lowest BCUT2D eigenvalue weighted by molar-refractivity contribution is -0.120. The monoisotopic (exact) mass is 314 g/mol. The zero-order valence-electron chi connectivity index (χ0n) is 11.9. The van der Waals surface area contributed by atoms with E-state index in [9.17, 15) is 14.4 Å². The summed E-state index contributed by atoms with van der Waals surface area (Å²) in [5, 5.41) is 15.7. The molecule has 5 N–H and O–H groups in total. The minimum Gasteiger partial charge on any atom is -0.476 e. The molecule has 1 aromatic heterocycles. The number of hydrogen-bond donors (Lipinski definition) is 4. The first-order chi connectivity index (χ1) is 9.72. The Morgan fingerprint density at radius 1 is 1.29 bits per heavy atom. The Morgan fingerprint density at radius 3 is 2.33 bits per heavy atom. The number of aromatic nitrogens is 1. The Kier molecular flexibility index (Phi) is 5.65. The highest BCUT2D eigenvalue weighted by molar-refractivity contribution is 7.09. The highest BCUT2D eigenvalue weighted by Gasteiger charge is 2.23. The molecule has 9 heteroatoms. The molecule has 0 saturated heterocycles. The summed E-state index contributed by atoms with van der Waals surface area (Å²) in [4.78, 5) is 37.7. The summed E-state index contributed by atoms with van der Waals surface area (Å²) in [5.41, 5.74) is 5.14. The van der Waals surface area contributed by atoms with E-state index < -0.39 is 30.0 Å².